The molecule has 2 aromatic carbocycles. The number of aromatic nitrogens is 1. The van der Waals surface area contributed by atoms with E-state index in [9.17, 15) is 13.2 Å². The van der Waals surface area contributed by atoms with E-state index in [4.69, 9.17) is 9.47 Å². The van der Waals surface area contributed by atoms with Crippen molar-refractivity contribution in [3.63, 3.8) is 0 Å². The molecule has 3 aromatic rings. The number of ether oxygens (including phenoxy) is 2. The number of para-hydroxylation sites is 1. The fraction of sp³-hybridized carbons (Fsp3) is 0.348. The summed E-state index contributed by atoms with van der Waals surface area (Å²) >= 11 is 0. The van der Waals surface area contributed by atoms with Crippen molar-refractivity contribution in [2.45, 2.75) is 17.7 Å². The van der Waals surface area contributed by atoms with Crippen molar-refractivity contribution in [3.05, 3.63) is 54.2 Å². The molecule has 8 nitrogen and oxygen atoms in total. The first-order valence-corrected chi connectivity index (χ1v) is 12.2. The number of fused-ring (bicyclic) bond motifs is 2. The Balaban J connectivity index is 1.19. The second kappa shape index (κ2) is 8.48. The Morgan fingerprint density at radius 2 is 1.72 bits per heavy atom. The van der Waals surface area contributed by atoms with Gasteiger partial charge in [0.15, 0.2) is 11.5 Å². The SMILES string of the molecule is O=C(CCc1c[nH]c2ccccc12)N1CCN(S(=O)(=O)c2ccc3c(c2)OCCO3)CC1. The Labute approximate surface area is 186 Å². The van der Waals surface area contributed by atoms with Gasteiger partial charge in [0.25, 0.3) is 0 Å². The van der Waals surface area contributed by atoms with Gasteiger partial charge in [0.1, 0.15) is 13.2 Å². The summed E-state index contributed by atoms with van der Waals surface area (Å²) in [4.78, 5) is 17.9. The van der Waals surface area contributed by atoms with E-state index in [0.717, 1.165) is 16.5 Å². The molecular weight excluding hydrogens is 430 g/mol. The zero-order chi connectivity index (χ0) is 22.1. The quantitative estimate of drug-likeness (QED) is 0.638. The number of carbonyl (C=O) groups excluding carboxylic acids is 1. The van der Waals surface area contributed by atoms with E-state index in [1.165, 1.54) is 10.4 Å². The van der Waals surface area contributed by atoms with Crippen LogP contribution in [0.2, 0.25) is 0 Å². The van der Waals surface area contributed by atoms with Gasteiger partial charge in [0, 0.05) is 55.8 Å². The van der Waals surface area contributed by atoms with Crippen LogP contribution in [0.25, 0.3) is 10.9 Å². The molecule has 3 heterocycles. The Morgan fingerprint density at radius 3 is 2.53 bits per heavy atom. The number of nitrogens with one attached hydrogen (secondary N) is 1. The summed E-state index contributed by atoms with van der Waals surface area (Å²) in [5.74, 6) is 1.05. The van der Waals surface area contributed by atoms with Gasteiger partial charge in [-0.05, 0) is 30.2 Å². The van der Waals surface area contributed by atoms with Crippen LogP contribution in [0.3, 0.4) is 0 Å². The normalized spacial score (nSPS) is 16.9. The molecule has 5 rings (SSSR count). The van der Waals surface area contributed by atoms with E-state index in [2.05, 4.69) is 4.98 Å². The Bertz CT molecular complexity index is 1250. The summed E-state index contributed by atoms with van der Waals surface area (Å²) in [6, 6.07) is 12.7. The lowest BCUT2D eigenvalue weighted by molar-refractivity contribution is -0.132. The molecule has 0 spiro atoms. The second-order valence-corrected chi connectivity index (χ2v) is 9.89. The van der Waals surface area contributed by atoms with Crippen molar-refractivity contribution in [2.75, 3.05) is 39.4 Å². The van der Waals surface area contributed by atoms with Crippen LogP contribution in [0.1, 0.15) is 12.0 Å². The van der Waals surface area contributed by atoms with Crippen molar-refractivity contribution < 1.29 is 22.7 Å². The van der Waals surface area contributed by atoms with Crippen LogP contribution in [-0.2, 0) is 21.2 Å². The fourth-order valence-electron chi connectivity index (χ4n) is 4.25. The molecule has 0 unspecified atom stereocenters. The molecule has 0 radical (unpaired) electrons. The summed E-state index contributed by atoms with van der Waals surface area (Å²) in [6.45, 7) is 2.17. The van der Waals surface area contributed by atoms with Gasteiger partial charge in [-0.15, -0.1) is 0 Å². The first kappa shape index (κ1) is 20.8. The molecule has 9 heteroatoms. The predicted octanol–water partition coefficient (Wildman–Crippen LogP) is 2.40. The maximum atomic E-state index is 13.1. The molecule has 2 aliphatic rings. The molecule has 1 saturated heterocycles. The van der Waals surface area contributed by atoms with Gasteiger partial charge in [-0.2, -0.15) is 4.31 Å². The highest BCUT2D eigenvalue weighted by Gasteiger charge is 2.31. The van der Waals surface area contributed by atoms with Gasteiger partial charge in [0.2, 0.25) is 15.9 Å². The van der Waals surface area contributed by atoms with Gasteiger partial charge >= 0.3 is 0 Å². The summed E-state index contributed by atoms with van der Waals surface area (Å²) in [5.41, 5.74) is 2.18. The topological polar surface area (TPSA) is 91.9 Å². The molecule has 168 valence electrons. The van der Waals surface area contributed by atoms with E-state index >= 15 is 0 Å². The van der Waals surface area contributed by atoms with Gasteiger partial charge < -0.3 is 19.4 Å². The monoisotopic (exact) mass is 455 g/mol. The maximum Gasteiger partial charge on any atom is 0.243 e. The number of piperazine rings is 1. The number of carbonyl (C=O) groups is 1. The van der Waals surface area contributed by atoms with Gasteiger partial charge in [-0.25, -0.2) is 8.42 Å². The Kier molecular flexibility index (Phi) is 5.52. The standard InChI is InChI=1S/C23H25N3O5S/c27-23(8-5-17-16-24-20-4-2-1-3-19(17)20)25-9-11-26(12-10-25)32(28,29)18-6-7-21-22(15-18)31-14-13-30-21/h1-4,6-7,15-16,24H,5,8-14H2. The average molecular weight is 456 g/mol. The number of aromatic amines is 1. The number of amides is 1. The molecule has 0 bridgehead atoms. The molecule has 32 heavy (non-hydrogen) atoms. The highest BCUT2D eigenvalue weighted by atomic mass is 32.2. The van der Waals surface area contributed by atoms with E-state index in [0.29, 0.717) is 50.6 Å². The molecule has 1 fully saturated rings. The number of H-pyrrole nitrogens is 1. The molecule has 1 N–H and O–H groups in total. The highest BCUT2D eigenvalue weighted by molar-refractivity contribution is 7.89. The molecule has 0 saturated carbocycles. The minimum absolute atomic E-state index is 0.0478. The lowest BCUT2D eigenvalue weighted by Gasteiger charge is -2.34. The smallest absolute Gasteiger partial charge is 0.243 e. The predicted molar refractivity (Wildman–Crippen MR) is 119 cm³/mol. The zero-order valence-electron chi connectivity index (χ0n) is 17.6. The van der Waals surface area contributed by atoms with Crippen LogP contribution >= 0.6 is 0 Å². The maximum absolute atomic E-state index is 13.1. The van der Waals surface area contributed by atoms with E-state index in [-0.39, 0.29) is 23.9 Å². The van der Waals surface area contributed by atoms with Crippen LogP contribution in [0, 0.1) is 0 Å². The van der Waals surface area contributed by atoms with Crippen molar-refractivity contribution >= 4 is 26.8 Å². The molecule has 1 aromatic heterocycles. The van der Waals surface area contributed by atoms with Crippen LogP contribution < -0.4 is 9.47 Å². The van der Waals surface area contributed by atoms with Crippen molar-refractivity contribution in [3.8, 4) is 11.5 Å². The van der Waals surface area contributed by atoms with Crippen molar-refractivity contribution in [1.82, 2.24) is 14.2 Å². The number of rotatable bonds is 5. The molecule has 0 aliphatic carbocycles. The van der Waals surface area contributed by atoms with Crippen LogP contribution in [0.5, 0.6) is 11.5 Å². The Morgan fingerprint density at radius 1 is 0.969 bits per heavy atom. The number of aryl methyl sites for hydroxylation is 1. The van der Waals surface area contributed by atoms with Crippen LogP contribution in [0.4, 0.5) is 0 Å². The van der Waals surface area contributed by atoms with Gasteiger partial charge in [-0.1, -0.05) is 18.2 Å². The summed E-state index contributed by atoms with van der Waals surface area (Å²) in [5, 5.41) is 1.13. The van der Waals surface area contributed by atoms with E-state index < -0.39 is 10.0 Å². The third-order valence-electron chi connectivity index (χ3n) is 6.03. The number of hydrogen-bond donors (Lipinski definition) is 1. The lowest BCUT2D eigenvalue weighted by atomic mass is 10.1. The largest absolute Gasteiger partial charge is 0.486 e. The average Bonchev–Trinajstić information content (AvgIpc) is 3.25. The first-order valence-electron chi connectivity index (χ1n) is 10.7. The van der Waals surface area contributed by atoms with Crippen molar-refractivity contribution in [2.24, 2.45) is 0 Å². The number of nitrogens with zero attached hydrogens (tertiary/aromatic N) is 2. The fourth-order valence-corrected chi connectivity index (χ4v) is 5.69. The van der Waals surface area contributed by atoms with E-state index in [1.807, 2.05) is 30.5 Å². The third kappa shape index (κ3) is 3.93. The van der Waals surface area contributed by atoms with Crippen LogP contribution in [-0.4, -0.2) is 67.9 Å². The number of hydrogen-bond acceptors (Lipinski definition) is 5. The molecular formula is C23H25N3O5S. The Hall–Kier alpha value is -3.04. The minimum atomic E-state index is -3.66. The second-order valence-electron chi connectivity index (χ2n) is 7.95. The molecule has 2 aliphatic heterocycles. The summed E-state index contributed by atoms with van der Waals surface area (Å²) in [6.07, 6.45) is 3.01. The number of benzene rings is 2. The highest BCUT2D eigenvalue weighted by Crippen LogP contribution is 2.33. The lowest BCUT2D eigenvalue weighted by Crippen LogP contribution is -2.50. The van der Waals surface area contributed by atoms with E-state index in [1.54, 1.807) is 17.0 Å². The third-order valence-corrected chi connectivity index (χ3v) is 7.92. The summed E-state index contributed by atoms with van der Waals surface area (Å²) in [7, 11) is -3.66. The molecule has 1 amide bonds. The van der Waals surface area contributed by atoms with Crippen molar-refractivity contribution in [1.29, 1.82) is 0 Å². The minimum Gasteiger partial charge on any atom is -0.486 e. The molecule has 0 atom stereocenters. The first-order chi connectivity index (χ1) is 15.5. The summed E-state index contributed by atoms with van der Waals surface area (Å²) < 4.78 is 38.6. The zero-order valence-corrected chi connectivity index (χ0v) is 18.4. The number of sulfonamides is 1. The van der Waals surface area contributed by atoms with Gasteiger partial charge in [0.05, 0.1) is 4.90 Å². The van der Waals surface area contributed by atoms with Gasteiger partial charge in [-0.3, -0.25) is 4.79 Å². The van der Waals surface area contributed by atoms with Crippen LogP contribution in [0.15, 0.2) is 53.6 Å².